The topological polar surface area (TPSA) is 54.4 Å². The molecule has 0 aromatic heterocycles. The third-order valence-corrected chi connectivity index (χ3v) is 6.23. The zero-order valence-electron chi connectivity index (χ0n) is 13.9. The maximum Gasteiger partial charge on any atom is 0.319 e. The van der Waals surface area contributed by atoms with E-state index in [2.05, 4.69) is 0 Å². The van der Waals surface area contributed by atoms with Gasteiger partial charge in [0.1, 0.15) is 11.1 Å². The van der Waals surface area contributed by atoms with Crippen molar-refractivity contribution in [3.05, 3.63) is 59.9 Å². The summed E-state index contributed by atoms with van der Waals surface area (Å²) in [6.07, 6.45) is 0. The summed E-state index contributed by atoms with van der Waals surface area (Å²) in [6, 6.07) is 13.6. The molecule has 2 rings (SSSR count). The highest BCUT2D eigenvalue weighted by molar-refractivity contribution is 7.86. The number of benzene rings is 2. The molecule has 0 aliphatic heterocycles. The lowest BCUT2D eigenvalue weighted by Crippen LogP contribution is -2.33. The maximum absolute atomic E-state index is 13.8. The Bertz CT molecular complexity index is 741. The Morgan fingerprint density at radius 2 is 1.62 bits per heavy atom. The third kappa shape index (κ3) is 3.90. The van der Waals surface area contributed by atoms with Gasteiger partial charge in [-0.05, 0) is 30.0 Å². The van der Waals surface area contributed by atoms with Crippen molar-refractivity contribution >= 4 is 16.8 Å². The SMILES string of the molecule is CC(C)C(C(=O)O)S(=O)C(C)c1ccc(-c2ccccc2F)cc1. The molecule has 128 valence electrons. The predicted octanol–water partition coefficient (Wildman–Crippen LogP) is 4.41. The summed E-state index contributed by atoms with van der Waals surface area (Å²) in [6.45, 7) is 5.27. The number of rotatable bonds is 6. The van der Waals surface area contributed by atoms with Gasteiger partial charge in [-0.3, -0.25) is 9.00 Å². The van der Waals surface area contributed by atoms with E-state index < -0.39 is 27.3 Å². The number of carboxylic acids is 1. The summed E-state index contributed by atoms with van der Waals surface area (Å²) in [7, 11) is -1.54. The van der Waals surface area contributed by atoms with Crippen LogP contribution in [-0.4, -0.2) is 20.5 Å². The van der Waals surface area contributed by atoms with E-state index in [1.165, 1.54) is 6.07 Å². The standard InChI is InChI=1S/C19H21FO3S/c1-12(2)18(19(21)22)24(23)13(3)14-8-10-15(11-9-14)16-6-4-5-7-17(16)20/h4-13,18H,1-3H3,(H,21,22). The first-order chi connectivity index (χ1) is 11.3. The fourth-order valence-corrected chi connectivity index (χ4v) is 4.24. The van der Waals surface area contributed by atoms with Crippen LogP contribution in [0.5, 0.6) is 0 Å². The molecule has 0 fully saturated rings. The Kier molecular flexibility index (Phi) is 5.89. The minimum absolute atomic E-state index is 0.219. The smallest absolute Gasteiger partial charge is 0.319 e. The maximum atomic E-state index is 13.8. The molecule has 2 aromatic rings. The minimum Gasteiger partial charge on any atom is -0.480 e. The minimum atomic E-state index is -1.54. The second-order valence-corrected chi connectivity index (χ2v) is 7.95. The Morgan fingerprint density at radius 3 is 2.12 bits per heavy atom. The van der Waals surface area contributed by atoms with Gasteiger partial charge in [-0.25, -0.2) is 4.39 Å². The van der Waals surface area contributed by atoms with Crippen molar-refractivity contribution in [1.29, 1.82) is 0 Å². The van der Waals surface area contributed by atoms with Gasteiger partial charge in [-0.15, -0.1) is 0 Å². The molecular formula is C19H21FO3S. The zero-order valence-corrected chi connectivity index (χ0v) is 14.7. The van der Waals surface area contributed by atoms with Crippen molar-refractivity contribution in [2.75, 3.05) is 0 Å². The van der Waals surface area contributed by atoms with Gasteiger partial charge in [0.15, 0.2) is 0 Å². The Labute approximate surface area is 144 Å². The number of carbonyl (C=O) groups is 1. The highest BCUT2D eigenvalue weighted by Gasteiger charge is 2.32. The molecule has 2 aromatic carbocycles. The van der Waals surface area contributed by atoms with Crippen molar-refractivity contribution < 1.29 is 18.5 Å². The first kappa shape index (κ1) is 18.3. The summed E-state index contributed by atoms with van der Waals surface area (Å²) < 4.78 is 26.4. The van der Waals surface area contributed by atoms with Gasteiger partial charge in [0.2, 0.25) is 0 Å². The molecule has 3 atom stereocenters. The molecule has 24 heavy (non-hydrogen) atoms. The molecule has 0 saturated carbocycles. The van der Waals surface area contributed by atoms with E-state index in [-0.39, 0.29) is 11.7 Å². The third-order valence-electron chi connectivity index (χ3n) is 4.01. The summed E-state index contributed by atoms with van der Waals surface area (Å²) in [5.74, 6) is -1.56. The largest absolute Gasteiger partial charge is 0.480 e. The molecule has 0 aliphatic rings. The van der Waals surface area contributed by atoms with E-state index in [0.717, 1.165) is 11.1 Å². The van der Waals surface area contributed by atoms with Crippen LogP contribution in [0.2, 0.25) is 0 Å². The number of halogens is 1. The Hall–Kier alpha value is -2.01. The van der Waals surface area contributed by atoms with E-state index in [1.807, 2.05) is 0 Å². The quantitative estimate of drug-likeness (QED) is 0.841. The molecule has 3 nitrogen and oxygen atoms in total. The molecule has 0 spiro atoms. The van der Waals surface area contributed by atoms with Crippen LogP contribution in [0.15, 0.2) is 48.5 Å². The fraction of sp³-hybridized carbons (Fsp3) is 0.316. The summed E-state index contributed by atoms with van der Waals surface area (Å²) in [5.41, 5.74) is 2.01. The number of hydrogen-bond donors (Lipinski definition) is 1. The predicted molar refractivity (Wildman–Crippen MR) is 94.7 cm³/mol. The van der Waals surface area contributed by atoms with Crippen LogP contribution in [0.25, 0.3) is 11.1 Å². The van der Waals surface area contributed by atoms with Gasteiger partial charge >= 0.3 is 5.97 Å². The van der Waals surface area contributed by atoms with Crippen LogP contribution < -0.4 is 0 Å². The molecule has 0 bridgehead atoms. The molecule has 1 N–H and O–H groups in total. The molecule has 0 heterocycles. The normalized spacial score (nSPS) is 15.0. The molecular weight excluding hydrogens is 327 g/mol. The van der Waals surface area contributed by atoms with Gasteiger partial charge in [0, 0.05) is 16.4 Å². The fourth-order valence-electron chi connectivity index (χ4n) is 2.64. The highest BCUT2D eigenvalue weighted by atomic mass is 32.2. The van der Waals surface area contributed by atoms with Crippen LogP contribution >= 0.6 is 0 Å². The summed E-state index contributed by atoms with van der Waals surface area (Å²) >= 11 is 0. The summed E-state index contributed by atoms with van der Waals surface area (Å²) in [5, 5.41) is 7.97. The number of carboxylic acid groups (broad SMARTS) is 1. The van der Waals surface area contributed by atoms with E-state index in [0.29, 0.717) is 5.56 Å². The first-order valence-corrected chi connectivity index (χ1v) is 9.07. The number of hydrogen-bond acceptors (Lipinski definition) is 2. The second kappa shape index (κ2) is 7.71. The highest BCUT2D eigenvalue weighted by Crippen LogP contribution is 2.28. The van der Waals surface area contributed by atoms with Gasteiger partial charge in [0.05, 0.1) is 5.25 Å². The van der Waals surface area contributed by atoms with E-state index in [9.17, 15) is 18.5 Å². The lowest BCUT2D eigenvalue weighted by molar-refractivity contribution is -0.137. The van der Waals surface area contributed by atoms with Gasteiger partial charge < -0.3 is 5.11 Å². The van der Waals surface area contributed by atoms with Crippen molar-refractivity contribution in [3.63, 3.8) is 0 Å². The number of aliphatic carboxylic acids is 1. The van der Waals surface area contributed by atoms with Crippen LogP contribution in [0.4, 0.5) is 4.39 Å². The van der Waals surface area contributed by atoms with E-state index >= 15 is 0 Å². The summed E-state index contributed by atoms with van der Waals surface area (Å²) in [4.78, 5) is 11.4. The molecule has 0 amide bonds. The van der Waals surface area contributed by atoms with E-state index in [1.54, 1.807) is 63.2 Å². The second-order valence-electron chi connectivity index (χ2n) is 6.08. The monoisotopic (exact) mass is 348 g/mol. The molecule has 5 heteroatoms. The Balaban J connectivity index is 2.26. The average molecular weight is 348 g/mol. The van der Waals surface area contributed by atoms with Crippen LogP contribution in [0, 0.1) is 11.7 Å². The van der Waals surface area contributed by atoms with Crippen molar-refractivity contribution in [3.8, 4) is 11.1 Å². The van der Waals surface area contributed by atoms with Gasteiger partial charge in [-0.1, -0.05) is 56.3 Å². The lowest BCUT2D eigenvalue weighted by atomic mass is 10.0. The van der Waals surface area contributed by atoms with Crippen molar-refractivity contribution in [2.24, 2.45) is 5.92 Å². The molecule has 0 radical (unpaired) electrons. The molecule has 0 saturated heterocycles. The zero-order chi connectivity index (χ0) is 17.9. The molecule has 0 aliphatic carbocycles. The van der Waals surface area contributed by atoms with Crippen LogP contribution in [0.1, 0.15) is 31.6 Å². The van der Waals surface area contributed by atoms with Crippen molar-refractivity contribution in [1.82, 2.24) is 0 Å². The van der Waals surface area contributed by atoms with Crippen molar-refractivity contribution in [2.45, 2.75) is 31.3 Å². The lowest BCUT2D eigenvalue weighted by Gasteiger charge is -2.21. The van der Waals surface area contributed by atoms with Gasteiger partial charge in [-0.2, -0.15) is 0 Å². The van der Waals surface area contributed by atoms with Crippen LogP contribution in [0.3, 0.4) is 0 Å². The molecule has 3 unspecified atom stereocenters. The van der Waals surface area contributed by atoms with E-state index in [4.69, 9.17) is 0 Å². The first-order valence-electron chi connectivity index (χ1n) is 7.80. The Morgan fingerprint density at radius 1 is 1.04 bits per heavy atom. The average Bonchev–Trinajstić information content (AvgIpc) is 2.54. The van der Waals surface area contributed by atoms with Gasteiger partial charge in [0.25, 0.3) is 0 Å². The van der Waals surface area contributed by atoms with Crippen LogP contribution in [-0.2, 0) is 15.6 Å².